The Morgan fingerprint density at radius 2 is 1.66 bits per heavy atom. The van der Waals surface area contributed by atoms with Gasteiger partial charge in [0.05, 0.1) is 23.5 Å². The zero-order chi connectivity index (χ0) is 26.7. The van der Waals surface area contributed by atoms with Gasteiger partial charge in [-0.25, -0.2) is 12.8 Å². The van der Waals surface area contributed by atoms with Gasteiger partial charge >= 0.3 is 0 Å². The minimum atomic E-state index is -3.88. The van der Waals surface area contributed by atoms with Crippen LogP contribution in [0.15, 0.2) is 101 Å². The minimum Gasteiger partial charge on any atom is -0.467 e. The quantitative estimate of drug-likeness (QED) is 0.310. The first-order valence-corrected chi connectivity index (χ1v) is 14.0. The molecule has 2 heterocycles. The SMILES string of the molecule is O=C(Nc1ccc(S(=O)(=O)Nc2ccc(F)cc2)cc1)c1ccc(C2SCC(=O)N2Cc2ccco2)cc1. The Labute approximate surface area is 222 Å². The largest absolute Gasteiger partial charge is 0.467 e. The summed E-state index contributed by atoms with van der Waals surface area (Å²) >= 11 is 1.52. The molecule has 4 aromatic rings. The number of amides is 2. The topological polar surface area (TPSA) is 109 Å². The zero-order valence-electron chi connectivity index (χ0n) is 19.8. The minimum absolute atomic E-state index is 0.00751. The highest BCUT2D eigenvalue weighted by Gasteiger charge is 2.33. The number of furan rings is 1. The zero-order valence-corrected chi connectivity index (χ0v) is 21.5. The normalized spacial score (nSPS) is 15.4. The van der Waals surface area contributed by atoms with Crippen LogP contribution in [0.1, 0.15) is 27.1 Å². The van der Waals surface area contributed by atoms with Crippen molar-refractivity contribution in [2.24, 2.45) is 0 Å². The molecule has 1 unspecified atom stereocenters. The summed E-state index contributed by atoms with van der Waals surface area (Å²) in [6.07, 6.45) is 1.57. The number of anilines is 2. The average Bonchev–Trinajstić information content (AvgIpc) is 3.56. The Morgan fingerprint density at radius 3 is 2.32 bits per heavy atom. The van der Waals surface area contributed by atoms with Crippen molar-refractivity contribution in [1.82, 2.24) is 4.90 Å². The molecule has 0 aliphatic carbocycles. The van der Waals surface area contributed by atoms with E-state index in [1.165, 1.54) is 48.2 Å². The summed E-state index contributed by atoms with van der Waals surface area (Å²) in [5, 5.41) is 2.57. The van der Waals surface area contributed by atoms with Gasteiger partial charge in [0.1, 0.15) is 17.0 Å². The van der Waals surface area contributed by atoms with Crippen LogP contribution in [-0.4, -0.2) is 30.9 Å². The van der Waals surface area contributed by atoms with Gasteiger partial charge in [-0.15, -0.1) is 11.8 Å². The number of hydrogen-bond donors (Lipinski definition) is 2. The van der Waals surface area contributed by atoms with E-state index in [9.17, 15) is 22.4 Å². The van der Waals surface area contributed by atoms with Gasteiger partial charge in [-0.3, -0.25) is 14.3 Å². The summed E-state index contributed by atoms with van der Waals surface area (Å²) in [6.45, 7) is 0.372. The lowest BCUT2D eigenvalue weighted by atomic mass is 10.1. The average molecular weight is 552 g/mol. The maximum atomic E-state index is 13.1. The van der Waals surface area contributed by atoms with Crippen LogP contribution in [0.5, 0.6) is 0 Å². The number of nitrogens with zero attached hydrogens (tertiary/aromatic N) is 1. The van der Waals surface area contributed by atoms with Crippen LogP contribution in [-0.2, 0) is 21.4 Å². The second-order valence-corrected chi connectivity index (χ2v) is 11.2. The maximum absolute atomic E-state index is 13.1. The number of sulfonamides is 1. The lowest BCUT2D eigenvalue weighted by Gasteiger charge is -2.23. The van der Waals surface area contributed by atoms with E-state index in [4.69, 9.17) is 4.42 Å². The Bertz CT molecular complexity index is 1540. The summed E-state index contributed by atoms with van der Waals surface area (Å²) in [6, 6.07) is 21.3. The fourth-order valence-electron chi connectivity index (χ4n) is 3.92. The van der Waals surface area contributed by atoms with Crippen molar-refractivity contribution in [1.29, 1.82) is 0 Å². The molecular formula is C27H22FN3O5S2. The Morgan fingerprint density at radius 1 is 0.974 bits per heavy atom. The van der Waals surface area contributed by atoms with Crippen molar-refractivity contribution in [3.8, 4) is 0 Å². The number of halogens is 1. The molecule has 2 amide bonds. The number of nitrogens with one attached hydrogen (secondary N) is 2. The van der Waals surface area contributed by atoms with Crippen LogP contribution < -0.4 is 10.0 Å². The Kier molecular flexibility index (Phi) is 7.21. The number of thioether (sulfide) groups is 1. The van der Waals surface area contributed by atoms with E-state index in [1.807, 2.05) is 18.2 Å². The van der Waals surface area contributed by atoms with Crippen LogP contribution >= 0.6 is 11.8 Å². The summed E-state index contributed by atoms with van der Waals surface area (Å²) in [7, 11) is -3.88. The van der Waals surface area contributed by atoms with E-state index in [2.05, 4.69) is 10.0 Å². The van der Waals surface area contributed by atoms with Gasteiger partial charge in [-0.2, -0.15) is 0 Å². The van der Waals surface area contributed by atoms with E-state index in [-0.39, 0.29) is 27.8 Å². The first-order valence-electron chi connectivity index (χ1n) is 11.5. The van der Waals surface area contributed by atoms with Gasteiger partial charge < -0.3 is 14.6 Å². The first-order chi connectivity index (χ1) is 18.3. The van der Waals surface area contributed by atoms with Crippen molar-refractivity contribution in [3.05, 3.63) is 114 Å². The third-order valence-electron chi connectivity index (χ3n) is 5.85. The lowest BCUT2D eigenvalue weighted by molar-refractivity contribution is -0.128. The Hall–Kier alpha value is -4.09. The highest BCUT2D eigenvalue weighted by Crippen LogP contribution is 2.39. The molecule has 0 radical (unpaired) electrons. The molecule has 3 aromatic carbocycles. The Balaban J connectivity index is 1.22. The van der Waals surface area contributed by atoms with Gasteiger partial charge in [0.2, 0.25) is 5.91 Å². The number of benzene rings is 3. The van der Waals surface area contributed by atoms with E-state index < -0.39 is 15.8 Å². The lowest BCUT2D eigenvalue weighted by Crippen LogP contribution is -2.27. The third-order valence-corrected chi connectivity index (χ3v) is 8.50. The molecule has 8 nitrogen and oxygen atoms in total. The molecule has 194 valence electrons. The molecule has 1 aliphatic rings. The van der Waals surface area contributed by atoms with Gasteiger partial charge in [0, 0.05) is 16.9 Å². The molecule has 2 N–H and O–H groups in total. The summed E-state index contributed by atoms with van der Waals surface area (Å²) in [4.78, 5) is 26.9. The predicted octanol–water partition coefficient (Wildman–Crippen LogP) is 5.25. The van der Waals surface area contributed by atoms with Gasteiger partial charge in [-0.05, 0) is 78.4 Å². The molecule has 1 fully saturated rings. The van der Waals surface area contributed by atoms with E-state index in [0.717, 1.165) is 17.7 Å². The molecule has 1 saturated heterocycles. The highest BCUT2D eigenvalue weighted by atomic mass is 32.2. The van der Waals surface area contributed by atoms with Gasteiger partial charge in [-0.1, -0.05) is 12.1 Å². The van der Waals surface area contributed by atoms with Crippen molar-refractivity contribution >= 4 is 45.0 Å². The molecular weight excluding hydrogens is 529 g/mol. The summed E-state index contributed by atoms with van der Waals surface area (Å²) in [5.74, 6) is 0.267. The molecule has 1 aliphatic heterocycles. The molecule has 38 heavy (non-hydrogen) atoms. The van der Waals surface area contributed by atoms with Gasteiger partial charge in [0.15, 0.2) is 0 Å². The second-order valence-electron chi connectivity index (χ2n) is 8.48. The molecule has 5 rings (SSSR count). The van der Waals surface area contributed by atoms with E-state index in [0.29, 0.717) is 29.3 Å². The number of carbonyl (C=O) groups excluding carboxylic acids is 2. The monoisotopic (exact) mass is 551 g/mol. The number of hydrogen-bond acceptors (Lipinski definition) is 6. The molecule has 0 saturated carbocycles. The molecule has 0 bridgehead atoms. The summed E-state index contributed by atoms with van der Waals surface area (Å²) < 4.78 is 46.0. The predicted molar refractivity (Wildman–Crippen MR) is 143 cm³/mol. The van der Waals surface area contributed by atoms with E-state index in [1.54, 1.807) is 29.4 Å². The van der Waals surface area contributed by atoms with Crippen molar-refractivity contribution in [3.63, 3.8) is 0 Å². The molecule has 0 spiro atoms. The standard InChI is InChI=1S/C27H22FN3O5S2/c28-20-7-9-22(10-8-20)30-38(34,35)24-13-11-21(12-14-24)29-26(33)18-3-5-19(6-4-18)27-31(25(32)17-37-27)16-23-2-1-15-36-23/h1-15,27,30H,16-17H2,(H,29,33). The third kappa shape index (κ3) is 5.74. The molecule has 11 heteroatoms. The van der Waals surface area contributed by atoms with Crippen LogP contribution in [0.4, 0.5) is 15.8 Å². The number of carbonyl (C=O) groups is 2. The van der Waals surface area contributed by atoms with Crippen molar-refractivity contribution < 1.29 is 26.8 Å². The van der Waals surface area contributed by atoms with Crippen LogP contribution in [0.2, 0.25) is 0 Å². The van der Waals surface area contributed by atoms with Crippen LogP contribution in [0.3, 0.4) is 0 Å². The van der Waals surface area contributed by atoms with Crippen molar-refractivity contribution in [2.45, 2.75) is 16.8 Å². The van der Waals surface area contributed by atoms with Crippen molar-refractivity contribution in [2.75, 3.05) is 15.8 Å². The van der Waals surface area contributed by atoms with Crippen LogP contribution in [0.25, 0.3) is 0 Å². The van der Waals surface area contributed by atoms with Gasteiger partial charge in [0.25, 0.3) is 15.9 Å². The maximum Gasteiger partial charge on any atom is 0.261 e. The molecule has 1 atom stereocenters. The fraction of sp³-hybridized carbons (Fsp3) is 0.111. The molecule has 1 aromatic heterocycles. The van der Waals surface area contributed by atoms with E-state index >= 15 is 0 Å². The first kappa shape index (κ1) is 25.6. The second kappa shape index (κ2) is 10.7. The number of rotatable bonds is 8. The summed E-state index contributed by atoms with van der Waals surface area (Å²) in [5.41, 5.74) is 1.96. The smallest absolute Gasteiger partial charge is 0.261 e. The fourth-order valence-corrected chi connectivity index (χ4v) is 6.17. The van der Waals surface area contributed by atoms with Crippen LogP contribution in [0, 0.1) is 5.82 Å². The highest BCUT2D eigenvalue weighted by molar-refractivity contribution is 8.00.